The summed E-state index contributed by atoms with van der Waals surface area (Å²) >= 11 is 2.17. The first-order chi connectivity index (χ1) is 9.63. The van der Waals surface area contributed by atoms with E-state index in [1.807, 2.05) is 43.3 Å². The minimum absolute atomic E-state index is 0.129. The third kappa shape index (κ3) is 2.53. The van der Waals surface area contributed by atoms with Crippen LogP contribution in [0, 0.1) is 10.5 Å². The number of aryl methyl sites for hydroxylation is 1. The van der Waals surface area contributed by atoms with Gasteiger partial charge in [-0.25, -0.2) is 0 Å². The van der Waals surface area contributed by atoms with Crippen molar-refractivity contribution in [3.8, 4) is 28.6 Å². The van der Waals surface area contributed by atoms with Crippen molar-refractivity contribution < 1.29 is 9.63 Å². The summed E-state index contributed by atoms with van der Waals surface area (Å²) in [6.45, 7) is 2.01. The molecule has 1 heterocycles. The Labute approximate surface area is 129 Å². The van der Waals surface area contributed by atoms with Crippen LogP contribution in [0.1, 0.15) is 5.56 Å². The molecule has 0 aliphatic rings. The van der Waals surface area contributed by atoms with Gasteiger partial charge in [-0.05, 0) is 53.8 Å². The monoisotopic (exact) mass is 378 g/mol. The Morgan fingerprint density at radius 2 is 2.00 bits per heavy atom. The maximum Gasteiger partial charge on any atom is 0.262 e. The summed E-state index contributed by atoms with van der Waals surface area (Å²) in [6.07, 6.45) is 0. The van der Waals surface area contributed by atoms with E-state index >= 15 is 0 Å². The first-order valence-corrected chi connectivity index (χ1v) is 7.11. The lowest BCUT2D eigenvalue weighted by atomic mass is 10.1. The van der Waals surface area contributed by atoms with Crippen LogP contribution in [-0.4, -0.2) is 15.2 Å². The number of hydrogen-bond acceptors (Lipinski definition) is 4. The van der Waals surface area contributed by atoms with Crippen LogP contribution >= 0.6 is 22.6 Å². The van der Waals surface area contributed by atoms with Crippen LogP contribution in [0.5, 0.6) is 5.75 Å². The van der Waals surface area contributed by atoms with Crippen LogP contribution in [0.25, 0.3) is 22.8 Å². The van der Waals surface area contributed by atoms with E-state index in [1.165, 1.54) is 0 Å². The van der Waals surface area contributed by atoms with E-state index < -0.39 is 0 Å². The highest BCUT2D eigenvalue weighted by molar-refractivity contribution is 14.1. The number of rotatable bonds is 2. The van der Waals surface area contributed by atoms with Gasteiger partial charge in [0, 0.05) is 9.13 Å². The van der Waals surface area contributed by atoms with Crippen molar-refractivity contribution in [1.82, 2.24) is 10.1 Å². The Bertz CT molecular complexity index is 768. The van der Waals surface area contributed by atoms with Crippen LogP contribution in [0.3, 0.4) is 0 Å². The molecule has 0 unspecified atom stereocenters. The number of aromatic nitrogens is 2. The molecular weight excluding hydrogens is 367 g/mol. The molecule has 1 aromatic heterocycles. The fourth-order valence-corrected chi connectivity index (χ4v) is 2.41. The van der Waals surface area contributed by atoms with Crippen molar-refractivity contribution in [3.63, 3.8) is 0 Å². The molecule has 0 saturated heterocycles. The summed E-state index contributed by atoms with van der Waals surface area (Å²) in [7, 11) is 0. The van der Waals surface area contributed by atoms with Crippen LogP contribution in [0.4, 0.5) is 0 Å². The summed E-state index contributed by atoms with van der Waals surface area (Å²) in [6, 6.07) is 13.1. The largest absolute Gasteiger partial charge is 0.507 e. The second-order valence-electron chi connectivity index (χ2n) is 4.45. The lowest BCUT2D eigenvalue weighted by molar-refractivity contribution is 0.425. The zero-order chi connectivity index (χ0) is 14.1. The fraction of sp³-hybridized carbons (Fsp3) is 0.0667. The molecule has 3 rings (SSSR count). The molecular formula is C15H11IN2O2. The average Bonchev–Trinajstić information content (AvgIpc) is 2.91. The summed E-state index contributed by atoms with van der Waals surface area (Å²) in [5.74, 6) is 0.962. The highest BCUT2D eigenvalue weighted by Gasteiger charge is 2.14. The quantitative estimate of drug-likeness (QED) is 0.685. The molecule has 0 saturated carbocycles. The summed E-state index contributed by atoms with van der Waals surface area (Å²) < 4.78 is 6.25. The number of hydrogen-bond donors (Lipinski definition) is 1. The van der Waals surface area contributed by atoms with Gasteiger partial charge in [-0.2, -0.15) is 4.98 Å². The molecule has 20 heavy (non-hydrogen) atoms. The third-order valence-electron chi connectivity index (χ3n) is 2.89. The van der Waals surface area contributed by atoms with E-state index in [4.69, 9.17) is 4.52 Å². The van der Waals surface area contributed by atoms with Gasteiger partial charge in [-0.3, -0.25) is 0 Å². The molecule has 0 radical (unpaired) electrons. The van der Waals surface area contributed by atoms with E-state index in [2.05, 4.69) is 32.7 Å². The van der Waals surface area contributed by atoms with Gasteiger partial charge in [0.05, 0.1) is 5.56 Å². The lowest BCUT2D eigenvalue weighted by Gasteiger charge is -1.99. The molecule has 0 spiro atoms. The highest BCUT2D eigenvalue weighted by Crippen LogP contribution is 2.30. The van der Waals surface area contributed by atoms with Crippen LogP contribution in [0.2, 0.25) is 0 Å². The van der Waals surface area contributed by atoms with Crippen molar-refractivity contribution >= 4 is 22.6 Å². The number of nitrogens with zero attached hydrogens (tertiary/aromatic N) is 2. The minimum atomic E-state index is 0.129. The standard InChI is InChI=1S/C15H11IN2O2/c1-9-3-2-4-10(7-9)14-17-15(20-18-14)12-8-11(16)5-6-13(12)19/h2-8,19H,1H3. The van der Waals surface area contributed by atoms with E-state index in [0.29, 0.717) is 17.3 Å². The molecule has 100 valence electrons. The minimum Gasteiger partial charge on any atom is -0.507 e. The molecule has 0 fully saturated rings. The van der Waals surface area contributed by atoms with Crippen molar-refractivity contribution in [2.24, 2.45) is 0 Å². The molecule has 1 N–H and O–H groups in total. The molecule has 0 amide bonds. The SMILES string of the molecule is Cc1cccc(-c2noc(-c3cc(I)ccc3O)n2)c1. The Morgan fingerprint density at radius 3 is 2.80 bits per heavy atom. The average molecular weight is 378 g/mol. The normalized spacial score (nSPS) is 10.7. The molecule has 2 aromatic carbocycles. The number of halogens is 1. The van der Waals surface area contributed by atoms with Crippen molar-refractivity contribution in [2.45, 2.75) is 6.92 Å². The first kappa shape index (κ1) is 13.1. The van der Waals surface area contributed by atoms with Crippen molar-refractivity contribution in [1.29, 1.82) is 0 Å². The Balaban J connectivity index is 2.04. The van der Waals surface area contributed by atoms with Gasteiger partial charge in [-0.1, -0.05) is 28.9 Å². The molecule has 0 bridgehead atoms. The van der Waals surface area contributed by atoms with E-state index in [-0.39, 0.29) is 5.75 Å². The Hall–Kier alpha value is -1.89. The molecule has 0 atom stereocenters. The van der Waals surface area contributed by atoms with E-state index in [9.17, 15) is 5.11 Å². The van der Waals surface area contributed by atoms with Gasteiger partial charge in [0.1, 0.15) is 5.75 Å². The van der Waals surface area contributed by atoms with Gasteiger partial charge in [0.15, 0.2) is 0 Å². The van der Waals surface area contributed by atoms with Gasteiger partial charge in [0.2, 0.25) is 5.82 Å². The molecule has 0 aliphatic carbocycles. The van der Waals surface area contributed by atoms with Crippen LogP contribution < -0.4 is 0 Å². The zero-order valence-corrected chi connectivity index (χ0v) is 12.8. The second kappa shape index (κ2) is 5.24. The highest BCUT2D eigenvalue weighted by atomic mass is 127. The number of benzene rings is 2. The van der Waals surface area contributed by atoms with Gasteiger partial charge >= 0.3 is 0 Å². The number of aromatic hydroxyl groups is 1. The van der Waals surface area contributed by atoms with Gasteiger partial charge in [-0.15, -0.1) is 0 Å². The second-order valence-corrected chi connectivity index (χ2v) is 5.70. The van der Waals surface area contributed by atoms with Gasteiger partial charge < -0.3 is 9.63 Å². The summed E-state index contributed by atoms with van der Waals surface area (Å²) in [4.78, 5) is 4.35. The van der Waals surface area contributed by atoms with Crippen LogP contribution in [0.15, 0.2) is 47.0 Å². The molecule has 3 aromatic rings. The van der Waals surface area contributed by atoms with E-state index in [1.54, 1.807) is 6.07 Å². The maximum absolute atomic E-state index is 9.88. The number of phenolic OH excluding ortho intramolecular Hbond substituents is 1. The van der Waals surface area contributed by atoms with E-state index in [0.717, 1.165) is 14.7 Å². The lowest BCUT2D eigenvalue weighted by Crippen LogP contribution is -1.83. The molecule has 0 aliphatic heterocycles. The Morgan fingerprint density at radius 1 is 1.15 bits per heavy atom. The number of phenols is 1. The van der Waals surface area contributed by atoms with Crippen molar-refractivity contribution in [3.05, 3.63) is 51.6 Å². The fourth-order valence-electron chi connectivity index (χ4n) is 1.91. The first-order valence-electron chi connectivity index (χ1n) is 6.03. The predicted molar refractivity (Wildman–Crippen MR) is 84.3 cm³/mol. The van der Waals surface area contributed by atoms with Gasteiger partial charge in [0.25, 0.3) is 5.89 Å². The maximum atomic E-state index is 9.88. The molecule has 4 nitrogen and oxygen atoms in total. The summed E-state index contributed by atoms with van der Waals surface area (Å²) in [5.41, 5.74) is 2.57. The third-order valence-corrected chi connectivity index (χ3v) is 3.56. The smallest absolute Gasteiger partial charge is 0.262 e. The topological polar surface area (TPSA) is 59.2 Å². The zero-order valence-electron chi connectivity index (χ0n) is 10.7. The van der Waals surface area contributed by atoms with Crippen molar-refractivity contribution in [2.75, 3.05) is 0 Å². The summed E-state index contributed by atoms with van der Waals surface area (Å²) in [5, 5.41) is 13.9. The van der Waals surface area contributed by atoms with Crippen LogP contribution in [-0.2, 0) is 0 Å². The molecule has 5 heteroatoms. The predicted octanol–water partition coefficient (Wildman–Crippen LogP) is 4.02. The Kier molecular flexibility index (Phi) is 3.43.